The molecule has 0 aromatic heterocycles. The third-order valence-corrected chi connectivity index (χ3v) is 9.75. The molecule has 0 aliphatic rings. The molecule has 0 radical (unpaired) electrons. The lowest BCUT2D eigenvalue weighted by Crippen LogP contribution is -2.34. The number of unbranched alkanes of at least 4 members (excludes halogenated alkanes) is 23. The second kappa shape index (κ2) is 36.1. The van der Waals surface area contributed by atoms with Crippen molar-refractivity contribution in [3.05, 3.63) is 12.2 Å². The number of aliphatic carboxylic acids is 1. The number of carboxylic acids is 1. The SMILES string of the molecule is CCCCCCCCC/C=C\CCCCCCCCCCOCC(COP(=O)(O)OCC(N)C(=O)O)OC(=O)CCCCCCCCCCC. The molecule has 0 aliphatic heterocycles. The molecular formula is C39H76NO9P. The number of phosphoric ester groups is 1. The monoisotopic (exact) mass is 734 g/mol. The molecule has 0 saturated heterocycles. The van der Waals surface area contributed by atoms with Crippen LogP contribution in [0, 0.1) is 0 Å². The van der Waals surface area contributed by atoms with E-state index >= 15 is 0 Å². The highest BCUT2D eigenvalue weighted by atomic mass is 31.2. The maximum atomic E-state index is 12.5. The van der Waals surface area contributed by atoms with E-state index in [2.05, 4.69) is 26.0 Å². The van der Waals surface area contributed by atoms with E-state index in [-0.39, 0.29) is 13.0 Å². The highest BCUT2D eigenvalue weighted by molar-refractivity contribution is 7.47. The summed E-state index contributed by atoms with van der Waals surface area (Å²) in [4.78, 5) is 33.3. The Kier molecular flexibility index (Phi) is 35.2. The van der Waals surface area contributed by atoms with Crippen molar-refractivity contribution in [1.29, 1.82) is 0 Å². The lowest BCUT2D eigenvalue weighted by molar-refractivity contribution is -0.154. The fourth-order valence-corrected chi connectivity index (χ4v) is 6.38. The van der Waals surface area contributed by atoms with E-state index in [9.17, 15) is 19.0 Å². The van der Waals surface area contributed by atoms with Crippen molar-refractivity contribution in [2.75, 3.05) is 26.4 Å². The second-order valence-electron chi connectivity index (χ2n) is 13.8. The molecule has 10 nitrogen and oxygen atoms in total. The molecule has 4 N–H and O–H groups in total. The molecule has 0 rings (SSSR count). The summed E-state index contributed by atoms with van der Waals surface area (Å²) in [5.41, 5.74) is 5.33. The Hall–Kier alpha value is -1.29. The number of phosphoric acid groups is 1. The number of nitrogens with two attached hydrogens (primary N) is 1. The average Bonchev–Trinajstić information content (AvgIpc) is 3.09. The first-order chi connectivity index (χ1) is 24.2. The van der Waals surface area contributed by atoms with Crippen LogP contribution in [-0.4, -0.2) is 60.5 Å². The van der Waals surface area contributed by atoms with Gasteiger partial charge < -0.3 is 25.2 Å². The van der Waals surface area contributed by atoms with Crippen LogP contribution in [0.15, 0.2) is 12.2 Å². The number of carboxylic acid groups (broad SMARTS) is 1. The Morgan fingerprint density at radius 2 is 1.04 bits per heavy atom. The maximum absolute atomic E-state index is 12.5. The Morgan fingerprint density at radius 3 is 1.52 bits per heavy atom. The van der Waals surface area contributed by atoms with Gasteiger partial charge in [0.05, 0.1) is 19.8 Å². The normalized spacial score (nSPS) is 14.2. The first-order valence-electron chi connectivity index (χ1n) is 20.2. The van der Waals surface area contributed by atoms with Crippen molar-refractivity contribution in [3.63, 3.8) is 0 Å². The number of allylic oxidation sites excluding steroid dienone is 2. The van der Waals surface area contributed by atoms with Crippen LogP contribution in [0.5, 0.6) is 0 Å². The van der Waals surface area contributed by atoms with Gasteiger partial charge >= 0.3 is 19.8 Å². The summed E-state index contributed by atoms with van der Waals surface area (Å²) in [5, 5.41) is 8.86. The van der Waals surface area contributed by atoms with Gasteiger partial charge in [0.25, 0.3) is 0 Å². The summed E-state index contributed by atoms with van der Waals surface area (Å²) in [6, 6.07) is -1.47. The number of carbonyl (C=O) groups excluding carboxylic acids is 1. The minimum Gasteiger partial charge on any atom is -0.480 e. The van der Waals surface area contributed by atoms with Gasteiger partial charge in [-0.1, -0.05) is 154 Å². The molecule has 0 spiro atoms. The van der Waals surface area contributed by atoms with Crippen LogP contribution in [0.4, 0.5) is 0 Å². The number of esters is 1. The van der Waals surface area contributed by atoms with Crippen LogP contribution in [0.3, 0.4) is 0 Å². The lowest BCUT2D eigenvalue weighted by atomic mass is 10.1. The zero-order valence-electron chi connectivity index (χ0n) is 32.0. The highest BCUT2D eigenvalue weighted by Gasteiger charge is 2.27. The van der Waals surface area contributed by atoms with Crippen molar-refractivity contribution >= 4 is 19.8 Å². The first kappa shape index (κ1) is 48.7. The fourth-order valence-electron chi connectivity index (χ4n) is 5.60. The van der Waals surface area contributed by atoms with Gasteiger partial charge in [-0.05, 0) is 38.5 Å². The summed E-state index contributed by atoms with van der Waals surface area (Å²) in [5.74, 6) is -1.78. The van der Waals surface area contributed by atoms with E-state index in [0.29, 0.717) is 13.0 Å². The van der Waals surface area contributed by atoms with Gasteiger partial charge in [-0.3, -0.25) is 18.6 Å². The molecule has 0 aromatic carbocycles. The molecule has 3 unspecified atom stereocenters. The summed E-state index contributed by atoms with van der Waals surface area (Å²) in [7, 11) is -4.60. The Bertz CT molecular complexity index is 857. The van der Waals surface area contributed by atoms with Crippen molar-refractivity contribution < 1.29 is 42.7 Å². The molecule has 0 aliphatic carbocycles. The lowest BCUT2D eigenvalue weighted by Gasteiger charge is -2.20. The number of hydrogen-bond donors (Lipinski definition) is 3. The van der Waals surface area contributed by atoms with Crippen LogP contribution in [0.25, 0.3) is 0 Å². The maximum Gasteiger partial charge on any atom is 0.472 e. The molecule has 11 heteroatoms. The van der Waals surface area contributed by atoms with E-state index < -0.39 is 45.1 Å². The Labute approximate surface area is 305 Å². The summed E-state index contributed by atoms with van der Waals surface area (Å²) in [6.07, 6.45) is 35.6. The zero-order valence-corrected chi connectivity index (χ0v) is 32.9. The molecule has 0 aromatic rings. The minimum atomic E-state index is -4.60. The molecular weight excluding hydrogens is 657 g/mol. The molecule has 0 amide bonds. The smallest absolute Gasteiger partial charge is 0.472 e. The topological polar surface area (TPSA) is 155 Å². The van der Waals surface area contributed by atoms with Gasteiger partial charge in [-0.15, -0.1) is 0 Å². The first-order valence-corrected chi connectivity index (χ1v) is 21.7. The minimum absolute atomic E-state index is 0.0195. The third-order valence-electron chi connectivity index (χ3n) is 8.79. The van der Waals surface area contributed by atoms with Crippen molar-refractivity contribution in [1.82, 2.24) is 0 Å². The van der Waals surface area contributed by atoms with Crippen LogP contribution < -0.4 is 5.73 Å². The quantitative estimate of drug-likeness (QED) is 0.0240. The number of rotatable bonds is 39. The fraction of sp³-hybridized carbons (Fsp3) is 0.897. The molecule has 0 fully saturated rings. The van der Waals surface area contributed by atoms with E-state index in [4.69, 9.17) is 29.4 Å². The number of carbonyl (C=O) groups is 2. The van der Waals surface area contributed by atoms with Crippen molar-refractivity contribution in [3.8, 4) is 0 Å². The molecule has 0 saturated carbocycles. The molecule has 0 bridgehead atoms. The van der Waals surface area contributed by atoms with Crippen molar-refractivity contribution in [2.45, 2.75) is 199 Å². The largest absolute Gasteiger partial charge is 0.480 e. The molecule has 296 valence electrons. The highest BCUT2D eigenvalue weighted by Crippen LogP contribution is 2.43. The average molecular weight is 734 g/mol. The van der Waals surface area contributed by atoms with E-state index in [0.717, 1.165) is 38.5 Å². The standard InChI is InChI=1S/C39H76NO9P/c1-3-5-7-9-11-13-14-15-16-17-18-19-20-21-22-24-26-28-30-32-46-33-36(34-47-50(44,45)48-35-37(40)39(42)43)49-38(41)31-29-27-25-23-12-10-8-6-4-2/h16-17,36-37H,3-15,18-35,40H2,1-2H3,(H,42,43)(H,44,45)/b17-16-. The van der Waals surface area contributed by atoms with Crippen molar-refractivity contribution in [2.24, 2.45) is 5.73 Å². The predicted molar refractivity (Wildman–Crippen MR) is 203 cm³/mol. The Morgan fingerprint density at radius 1 is 0.620 bits per heavy atom. The molecule has 3 atom stereocenters. The van der Waals surface area contributed by atoms with Crippen LogP contribution in [-0.2, 0) is 32.7 Å². The molecule has 50 heavy (non-hydrogen) atoms. The van der Waals surface area contributed by atoms with Gasteiger partial charge in [0.1, 0.15) is 12.1 Å². The van der Waals surface area contributed by atoms with Gasteiger partial charge in [-0.2, -0.15) is 0 Å². The summed E-state index contributed by atoms with van der Waals surface area (Å²) >= 11 is 0. The van der Waals surface area contributed by atoms with Crippen LogP contribution >= 0.6 is 7.82 Å². The number of hydrogen-bond acceptors (Lipinski definition) is 8. The van der Waals surface area contributed by atoms with E-state index in [1.54, 1.807) is 0 Å². The Balaban J connectivity index is 4.16. The summed E-state index contributed by atoms with van der Waals surface area (Å²) in [6.45, 7) is 3.86. The van der Waals surface area contributed by atoms with E-state index in [1.165, 1.54) is 122 Å². The zero-order chi connectivity index (χ0) is 37.0. The second-order valence-corrected chi connectivity index (χ2v) is 15.2. The van der Waals surface area contributed by atoms with Gasteiger partial charge in [0.15, 0.2) is 0 Å². The van der Waals surface area contributed by atoms with Gasteiger partial charge in [0.2, 0.25) is 0 Å². The van der Waals surface area contributed by atoms with Gasteiger partial charge in [-0.25, -0.2) is 4.57 Å². The van der Waals surface area contributed by atoms with Gasteiger partial charge in [0, 0.05) is 13.0 Å². The van der Waals surface area contributed by atoms with Crippen LogP contribution in [0.1, 0.15) is 187 Å². The third kappa shape index (κ3) is 35.1. The number of ether oxygens (including phenoxy) is 2. The van der Waals surface area contributed by atoms with Crippen LogP contribution in [0.2, 0.25) is 0 Å². The summed E-state index contributed by atoms with van der Waals surface area (Å²) < 4.78 is 33.2. The predicted octanol–water partition coefficient (Wildman–Crippen LogP) is 10.6. The molecule has 0 heterocycles. The van der Waals surface area contributed by atoms with E-state index in [1.807, 2.05) is 0 Å².